The quantitative estimate of drug-likeness (QED) is 0.786. The average Bonchev–Trinajstić information content (AvgIpc) is 3.05. The van der Waals surface area contributed by atoms with E-state index in [1.54, 1.807) is 0 Å². The van der Waals surface area contributed by atoms with E-state index in [0.717, 1.165) is 16.3 Å². The fourth-order valence-corrected chi connectivity index (χ4v) is 4.28. The van der Waals surface area contributed by atoms with Crippen LogP contribution in [-0.2, 0) is 19.1 Å². The maximum atomic E-state index is 12.6. The van der Waals surface area contributed by atoms with Gasteiger partial charge in [0.25, 0.3) is 5.91 Å². The molecule has 0 spiro atoms. The van der Waals surface area contributed by atoms with Crippen LogP contribution in [0.1, 0.15) is 5.56 Å². The number of carbonyl (C=O) groups is 2. The van der Waals surface area contributed by atoms with E-state index in [9.17, 15) is 9.59 Å². The van der Waals surface area contributed by atoms with E-state index < -0.39 is 17.6 Å². The molecule has 2 aliphatic rings. The lowest BCUT2D eigenvalue weighted by atomic mass is 10.0. The van der Waals surface area contributed by atoms with Gasteiger partial charge in [0.15, 0.2) is 0 Å². The summed E-state index contributed by atoms with van der Waals surface area (Å²) in [5.74, 6) is 0.370. The first-order chi connectivity index (χ1) is 11.7. The second-order valence-corrected chi connectivity index (χ2v) is 6.65. The van der Waals surface area contributed by atoms with Crippen LogP contribution >= 0.6 is 11.8 Å². The van der Waals surface area contributed by atoms with E-state index in [-0.39, 0.29) is 5.91 Å². The third kappa shape index (κ3) is 2.34. The third-order valence-corrected chi connectivity index (χ3v) is 5.34. The number of nitrogens with zero attached hydrogens (tertiary/aromatic N) is 1. The molecule has 24 heavy (non-hydrogen) atoms. The number of amides is 1. The van der Waals surface area contributed by atoms with Crippen molar-refractivity contribution >= 4 is 40.2 Å². The summed E-state index contributed by atoms with van der Waals surface area (Å²) in [5, 5.41) is 2.11. The molecule has 0 bridgehead atoms. The molecule has 4 rings (SSSR count). The van der Waals surface area contributed by atoms with Crippen LogP contribution in [0.25, 0.3) is 16.5 Å². The van der Waals surface area contributed by atoms with Crippen LogP contribution in [-0.4, -0.2) is 41.2 Å². The van der Waals surface area contributed by atoms with Gasteiger partial charge in [0.2, 0.25) is 5.56 Å². The smallest absolute Gasteiger partial charge is 0.329 e. The number of hydrogen-bond donors (Lipinski definition) is 0. The topological polar surface area (TPSA) is 55.8 Å². The fraction of sp³-hybridized carbons (Fsp3) is 0.222. The normalized spacial score (nSPS) is 22.8. The van der Waals surface area contributed by atoms with Crippen LogP contribution in [0.2, 0.25) is 0 Å². The van der Waals surface area contributed by atoms with Gasteiger partial charge in [-0.3, -0.25) is 9.69 Å². The zero-order valence-corrected chi connectivity index (χ0v) is 13.8. The first-order valence-electron chi connectivity index (χ1n) is 7.57. The highest BCUT2D eigenvalue weighted by atomic mass is 32.2. The average molecular weight is 341 g/mol. The number of benzene rings is 2. The lowest BCUT2D eigenvalue weighted by Crippen LogP contribution is -2.47. The van der Waals surface area contributed by atoms with Crippen LogP contribution in [0.4, 0.5) is 0 Å². The predicted molar refractivity (Wildman–Crippen MR) is 91.9 cm³/mol. The molecular weight excluding hydrogens is 326 g/mol. The minimum absolute atomic E-state index is 0.227. The lowest BCUT2D eigenvalue weighted by Gasteiger charge is -2.31. The van der Waals surface area contributed by atoms with Crippen molar-refractivity contribution in [2.45, 2.75) is 11.6 Å². The highest BCUT2D eigenvalue weighted by Crippen LogP contribution is 2.38. The molecule has 0 N–H and O–H groups in total. The standard InChI is InChI=1S/C18H15NO4S/c1-22-17(21)14-10-24-18-19(14)16(20)9-15(23-18)13-8-4-6-11-5-2-3-7-12(11)13/h2-9,14,18H,10H2,1H3/t14-,18+/m0/s1. The summed E-state index contributed by atoms with van der Waals surface area (Å²) >= 11 is 1.43. The molecule has 2 atom stereocenters. The van der Waals surface area contributed by atoms with Crippen molar-refractivity contribution in [1.29, 1.82) is 0 Å². The van der Waals surface area contributed by atoms with Crippen LogP contribution in [0.5, 0.6) is 0 Å². The molecular formula is C18H15NO4S. The van der Waals surface area contributed by atoms with Crippen LogP contribution < -0.4 is 0 Å². The van der Waals surface area contributed by atoms with Gasteiger partial charge in [-0.05, 0) is 10.8 Å². The van der Waals surface area contributed by atoms with Crippen molar-refractivity contribution in [2.75, 3.05) is 12.9 Å². The summed E-state index contributed by atoms with van der Waals surface area (Å²) in [5.41, 5.74) is 0.379. The Kier molecular flexibility index (Phi) is 3.69. The molecule has 0 unspecified atom stereocenters. The summed E-state index contributed by atoms with van der Waals surface area (Å²) in [6.07, 6.45) is 1.46. The summed E-state index contributed by atoms with van der Waals surface area (Å²) in [7, 11) is 1.33. The maximum absolute atomic E-state index is 12.6. The molecule has 1 saturated heterocycles. The molecule has 2 aromatic rings. The first kappa shape index (κ1) is 15.1. The molecule has 0 aromatic heterocycles. The van der Waals surface area contributed by atoms with Gasteiger partial charge >= 0.3 is 5.97 Å². The minimum Gasteiger partial charge on any atom is -0.467 e. The number of methoxy groups -OCH3 is 1. The lowest BCUT2D eigenvalue weighted by molar-refractivity contribution is -0.154. The first-order valence-corrected chi connectivity index (χ1v) is 8.62. The van der Waals surface area contributed by atoms with Crippen LogP contribution in [0.3, 0.4) is 0 Å². The summed E-state index contributed by atoms with van der Waals surface area (Å²) < 4.78 is 10.8. The Labute approximate surface area is 143 Å². The Morgan fingerprint density at radius 3 is 2.88 bits per heavy atom. The third-order valence-electron chi connectivity index (χ3n) is 4.22. The Morgan fingerprint density at radius 2 is 2.04 bits per heavy atom. The summed E-state index contributed by atoms with van der Waals surface area (Å²) in [6.45, 7) is 0. The van der Waals surface area contributed by atoms with E-state index in [1.807, 2.05) is 42.5 Å². The van der Waals surface area contributed by atoms with Crippen molar-refractivity contribution in [2.24, 2.45) is 0 Å². The van der Waals surface area contributed by atoms with E-state index in [0.29, 0.717) is 11.5 Å². The Bertz CT molecular complexity index is 858. The number of fused-ring (bicyclic) bond motifs is 2. The highest BCUT2D eigenvalue weighted by molar-refractivity contribution is 8.00. The molecule has 6 heteroatoms. The minimum atomic E-state index is -0.595. The maximum Gasteiger partial charge on any atom is 0.329 e. The zero-order chi connectivity index (χ0) is 16.7. The molecule has 0 radical (unpaired) electrons. The molecule has 2 aliphatic heterocycles. The Morgan fingerprint density at radius 1 is 1.25 bits per heavy atom. The number of carbonyl (C=O) groups excluding carboxylic acids is 2. The van der Waals surface area contributed by atoms with Gasteiger partial charge in [-0.15, -0.1) is 0 Å². The highest BCUT2D eigenvalue weighted by Gasteiger charge is 2.45. The van der Waals surface area contributed by atoms with Gasteiger partial charge in [-0.25, -0.2) is 4.79 Å². The van der Waals surface area contributed by atoms with Gasteiger partial charge in [0.05, 0.1) is 7.11 Å². The van der Waals surface area contributed by atoms with Gasteiger partial charge < -0.3 is 9.47 Å². The van der Waals surface area contributed by atoms with Crippen molar-refractivity contribution in [3.8, 4) is 0 Å². The SMILES string of the molecule is COC(=O)[C@@H]1CS[C@H]2OC(c3cccc4ccccc34)=CC(=O)N21. The molecule has 5 nitrogen and oxygen atoms in total. The zero-order valence-electron chi connectivity index (χ0n) is 13.0. The van der Waals surface area contributed by atoms with Gasteiger partial charge in [-0.2, -0.15) is 0 Å². The summed E-state index contributed by atoms with van der Waals surface area (Å²) in [6, 6.07) is 13.3. The Hall–Kier alpha value is -2.47. The number of hydrogen-bond acceptors (Lipinski definition) is 5. The van der Waals surface area contributed by atoms with Gasteiger partial charge in [-0.1, -0.05) is 54.2 Å². The number of rotatable bonds is 2. The van der Waals surface area contributed by atoms with Crippen molar-refractivity contribution in [3.05, 3.63) is 54.1 Å². The van der Waals surface area contributed by atoms with Crippen LogP contribution in [0, 0.1) is 0 Å². The number of ether oxygens (including phenoxy) is 2. The van der Waals surface area contributed by atoms with Crippen LogP contribution in [0.15, 0.2) is 48.5 Å². The molecule has 2 aromatic carbocycles. The molecule has 2 heterocycles. The molecule has 1 amide bonds. The second-order valence-electron chi connectivity index (χ2n) is 5.58. The van der Waals surface area contributed by atoms with E-state index in [4.69, 9.17) is 9.47 Å². The van der Waals surface area contributed by atoms with Gasteiger partial charge in [0, 0.05) is 17.4 Å². The van der Waals surface area contributed by atoms with Crippen molar-refractivity contribution in [3.63, 3.8) is 0 Å². The largest absolute Gasteiger partial charge is 0.467 e. The van der Waals surface area contributed by atoms with E-state index >= 15 is 0 Å². The molecule has 0 saturated carbocycles. The molecule has 1 fully saturated rings. The second kappa shape index (κ2) is 5.87. The van der Waals surface area contributed by atoms with Gasteiger partial charge in [0.1, 0.15) is 11.8 Å². The monoisotopic (exact) mass is 341 g/mol. The van der Waals surface area contributed by atoms with Crippen molar-refractivity contribution in [1.82, 2.24) is 4.90 Å². The fourth-order valence-electron chi connectivity index (χ4n) is 3.06. The predicted octanol–water partition coefficient (Wildman–Crippen LogP) is 2.61. The number of thioether (sulfide) groups is 1. The molecule has 0 aliphatic carbocycles. The van der Waals surface area contributed by atoms with E-state index in [1.165, 1.54) is 29.8 Å². The Balaban J connectivity index is 1.73. The molecule has 122 valence electrons. The number of esters is 1. The summed E-state index contributed by atoms with van der Waals surface area (Å²) in [4.78, 5) is 25.9. The van der Waals surface area contributed by atoms with Crippen molar-refractivity contribution < 1.29 is 19.1 Å². The van der Waals surface area contributed by atoms with E-state index in [2.05, 4.69) is 0 Å².